The van der Waals surface area contributed by atoms with E-state index < -0.39 is 0 Å². The molecule has 0 bridgehead atoms. The van der Waals surface area contributed by atoms with Crippen molar-refractivity contribution in [1.29, 1.82) is 0 Å². The van der Waals surface area contributed by atoms with Crippen LogP contribution in [0.3, 0.4) is 0 Å². The zero-order valence-corrected chi connectivity index (χ0v) is 15.1. The van der Waals surface area contributed by atoms with Gasteiger partial charge in [-0.25, -0.2) is 9.37 Å². The minimum absolute atomic E-state index is 0.322. The van der Waals surface area contributed by atoms with E-state index in [1.54, 1.807) is 12.1 Å². The third-order valence-electron chi connectivity index (χ3n) is 3.60. The van der Waals surface area contributed by atoms with Crippen LogP contribution in [0.15, 0.2) is 58.4 Å². The summed E-state index contributed by atoms with van der Waals surface area (Å²) in [6, 6.07) is 13.9. The van der Waals surface area contributed by atoms with Gasteiger partial charge in [-0.1, -0.05) is 39.3 Å². The Kier molecular flexibility index (Phi) is 4.06. The van der Waals surface area contributed by atoms with Crippen LogP contribution in [0.4, 0.5) is 10.2 Å². The van der Waals surface area contributed by atoms with Gasteiger partial charge >= 0.3 is 0 Å². The number of benzene rings is 2. The molecular formula is C17H11BrFN5S. The van der Waals surface area contributed by atoms with Gasteiger partial charge in [-0.3, -0.25) is 0 Å². The largest absolute Gasteiger partial charge is 0.382 e. The van der Waals surface area contributed by atoms with Crippen molar-refractivity contribution in [2.24, 2.45) is 0 Å². The molecule has 2 aromatic carbocycles. The Balaban J connectivity index is 1.71. The summed E-state index contributed by atoms with van der Waals surface area (Å²) in [5.41, 5.74) is 9.00. The van der Waals surface area contributed by atoms with Crippen LogP contribution in [0, 0.1) is 5.82 Å². The third-order valence-corrected chi connectivity index (χ3v) is 4.98. The molecule has 0 saturated heterocycles. The maximum Gasteiger partial charge on any atom is 0.165 e. The molecule has 0 atom stereocenters. The van der Waals surface area contributed by atoms with E-state index >= 15 is 0 Å². The smallest absolute Gasteiger partial charge is 0.165 e. The zero-order chi connectivity index (χ0) is 17.4. The highest BCUT2D eigenvalue weighted by molar-refractivity contribution is 9.10. The lowest BCUT2D eigenvalue weighted by molar-refractivity contribution is 0.625. The van der Waals surface area contributed by atoms with Gasteiger partial charge in [0.2, 0.25) is 0 Å². The van der Waals surface area contributed by atoms with Crippen molar-refractivity contribution in [3.05, 3.63) is 64.2 Å². The third kappa shape index (κ3) is 3.06. The van der Waals surface area contributed by atoms with Crippen molar-refractivity contribution < 1.29 is 4.39 Å². The number of halogens is 2. The van der Waals surface area contributed by atoms with Crippen LogP contribution in [0.1, 0.15) is 0 Å². The summed E-state index contributed by atoms with van der Waals surface area (Å²) in [7, 11) is 0. The first kappa shape index (κ1) is 15.9. The molecule has 25 heavy (non-hydrogen) atoms. The zero-order valence-electron chi connectivity index (χ0n) is 12.7. The lowest BCUT2D eigenvalue weighted by atomic mass is 10.2. The summed E-state index contributed by atoms with van der Waals surface area (Å²) in [6.45, 7) is 0. The van der Waals surface area contributed by atoms with Gasteiger partial charge in [0.1, 0.15) is 10.8 Å². The van der Waals surface area contributed by atoms with Gasteiger partial charge in [0.25, 0.3) is 0 Å². The Morgan fingerprint density at radius 2 is 1.92 bits per heavy atom. The molecule has 4 rings (SSSR count). The minimum Gasteiger partial charge on any atom is -0.382 e. The first-order valence-electron chi connectivity index (χ1n) is 7.31. The molecule has 0 aliphatic rings. The van der Waals surface area contributed by atoms with Crippen LogP contribution in [-0.4, -0.2) is 20.0 Å². The molecule has 0 aliphatic carbocycles. The highest BCUT2D eigenvalue weighted by Gasteiger charge is 2.17. The van der Waals surface area contributed by atoms with E-state index in [1.165, 1.54) is 28.2 Å². The van der Waals surface area contributed by atoms with Crippen molar-refractivity contribution in [2.75, 3.05) is 5.73 Å². The standard InChI is InChI=1S/C17H11BrFN5S/c18-11-6-4-10(5-7-11)14-9-25-17(21-14)15-16(20)24(23-22-15)13-3-1-2-12(19)8-13/h1-9H,20H2. The maximum atomic E-state index is 13.4. The van der Waals surface area contributed by atoms with Crippen molar-refractivity contribution in [3.8, 4) is 27.6 Å². The fraction of sp³-hybridized carbons (Fsp3) is 0. The number of anilines is 1. The monoisotopic (exact) mass is 415 g/mol. The molecule has 0 amide bonds. The van der Waals surface area contributed by atoms with Crippen LogP contribution in [-0.2, 0) is 0 Å². The number of hydrogen-bond acceptors (Lipinski definition) is 5. The van der Waals surface area contributed by atoms with E-state index in [1.807, 2.05) is 29.6 Å². The Labute approximate surface area is 155 Å². The molecule has 0 unspecified atom stereocenters. The summed E-state index contributed by atoms with van der Waals surface area (Å²) in [5.74, 6) is -0.0389. The quantitative estimate of drug-likeness (QED) is 0.533. The van der Waals surface area contributed by atoms with Crippen molar-refractivity contribution in [2.45, 2.75) is 0 Å². The Morgan fingerprint density at radius 3 is 2.68 bits per heavy atom. The summed E-state index contributed by atoms with van der Waals surface area (Å²) in [5, 5.41) is 10.8. The second-order valence-electron chi connectivity index (χ2n) is 5.26. The van der Waals surface area contributed by atoms with Gasteiger partial charge in [-0.15, -0.1) is 16.4 Å². The number of nitrogens with two attached hydrogens (primary N) is 1. The first-order chi connectivity index (χ1) is 12.1. The molecule has 2 aromatic heterocycles. The molecule has 0 radical (unpaired) electrons. The Bertz CT molecular complexity index is 1040. The molecule has 5 nitrogen and oxygen atoms in total. The van der Waals surface area contributed by atoms with Gasteiger partial charge in [0.15, 0.2) is 11.5 Å². The van der Waals surface area contributed by atoms with Gasteiger partial charge in [0, 0.05) is 15.4 Å². The van der Waals surface area contributed by atoms with Gasteiger partial charge in [-0.2, -0.15) is 4.68 Å². The molecule has 8 heteroatoms. The maximum absolute atomic E-state index is 13.4. The van der Waals surface area contributed by atoms with E-state index in [4.69, 9.17) is 5.73 Å². The molecule has 0 spiro atoms. The van der Waals surface area contributed by atoms with E-state index in [0.29, 0.717) is 22.2 Å². The molecule has 124 valence electrons. The number of nitrogen functional groups attached to an aromatic ring is 1. The Hall–Kier alpha value is -2.58. The van der Waals surface area contributed by atoms with E-state index in [0.717, 1.165) is 15.7 Å². The lowest BCUT2D eigenvalue weighted by Crippen LogP contribution is -2.02. The highest BCUT2D eigenvalue weighted by atomic mass is 79.9. The average molecular weight is 416 g/mol. The Morgan fingerprint density at radius 1 is 1.12 bits per heavy atom. The van der Waals surface area contributed by atoms with Crippen LogP contribution in [0.25, 0.3) is 27.6 Å². The number of aromatic nitrogens is 4. The summed E-state index contributed by atoms with van der Waals surface area (Å²) in [6.07, 6.45) is 0. The molecule has 0 fully saturated rings. The van der Waals surface area contributed by atoms with Gasteiger partial charge < -0.3 is 5.73 Å². The first-order valence-corrected chi connectivity index (χ1v) is 8.98. The SMILES string of the molecule is Nc1c(-c2nc(-c3ccc(Br)cc3)cs2)nnn1-c1cccc(F)c1. The van der Waals surface area contributed by atoms with Crippen LogP contribution < -0.4 is 5.73 Å². The number of rotatable bonds is 3. The topological polar surface area (TPSA) is 69.6 Å². The minimum atomic E-state index is -0.360. The average Bonchev–Trinajstić information content (AvgIpc) is 3.22. The fourth-order valence-corrected chi connectivity index (χ4v) is 3.46. The van der Waals surface area contributed by atoms with E-state index in [9.17, 15) is 4.39 Å². The molecule has 2 heterocycles. The van der Waals surface area contributed by atoms with Gasteiger partial charge in [-0.05, 0) is 30.3 Å². The van der Waals surface area contributed by atoms with E-state index in [2.05, 4.69) is 31.2 Å². The van der Waals surface area contributed by atoms with Crippen molar-refractivity contribution in [1.82, 2.24) is 20.0 Å². The second kappa shape index (κ2) is 6.38. The molecule has 4 aromatic rings. The normalized spacial score (nSPS) is 11.0. The van der Waals surface area contributed by atoms with Crippen molar-refractivity contribution in [3.63, 3.8) is 0 Å². The summed E-state index contributed by atoms with van der Waals surface area (Å²) < 4.78 is 15.8. The summed E-state index contributed by atoms with van der Waals surface area (Å²) in [4.78, 5) is 4.60. The van der Waals surface area contributed by atoms with Crippen molar-refractivity contribution >= 4 is 33.1 Å². The molecule has 2 N–H and O–H groups in total. The van der Waals surface area contributed by atoms with E-state index in [-0.39, 0.29) is 5.82 Å². The summed E-state index contributed by atoms with van der Waals surface area (Å²) >= 11 is 4.85. The van der Waals surface area contributed by atoms with Gasteiger partial charge in [0.05, 0.1) is 11.4 Å². The number of nitrogens with zero attached hydrogens (tertiary/aromatic N) is 4. The number of thiazole rings is 1. The van der Waals surface area contributed by atoms with Crippen LogP contribution in [0.5, 0.6) is 0 Å². The molecule has 0 saturated carbocycles. The number of hydrogen-bond donors (Lipinski definition) is 1. The lowest BCUT2D eigenvalue weighted by Gasteiger charge is -2.02. The fourth-order valence-electron chi connectivity index (χ4n) is 2.38. The molecule has 0 aliphatic heterocycles. The van der Waals surface area contributed by atoms with Crippen LogP contribution in [0.2, 0.25) is 0 Å². The predicted octanol–water partition coefficient (Wildman–Crippen LogP) is 4.54. The second-order valence-corrected chi connectivity index (χ2v) is 7.03. The highest BCUT2D eigenvalue weighted by Crippen LogP contribution is 2.32. The molecular weight excluding hydrogens is 405 g/mol. The predicted molar refractivity (Wildman–Crippen MR) is 100.0 cm³/mol. The van der Waals surface area contributed by atoms with Crippen LogP contribution >= 0.6 is 27.3 Å².